The predicted molar refractivity (Wildman–Crippen MR) is 153 cm³/mol. The van der Waals surface area contributed by atoms with Crippen molar-refractivity contribution in [1.29, 1.82) is 0 Å². The molecule has 1 aromatic heterocycles. The Balaban J connectivity index is 1.49. The van der Waals surface area contributed by atoms with Gasteiger partial charge in [-0.1, -0.05) is 66.7 Å². The number of aromatic nitrogens is 1. The SMILES string of the molecule is CC(=O)C1=NN(c2ccccc2)C2C3N(c4ccccc4)N=C(C(C)=O)N3c3[nH]c(-c4ccccc4)cc3N12. The van der Waals surface area contributed by atoms with Gasteiger partial charge in [0, 0.05) is 19.5 Å². The summed E-state index contributed by atoms with van der Waals surface area (Å²) in [6.07, 6.45) is -1.01. The van der Waals surface area contributed by atoms with E-state index in [4.69, 9.17) is 10.2 Å². The molecular weight excluding hydrogens is 490 g/mol. The van der Waals surface area contributed by atoms with E-state index >= 15 is 0 Å². The van der Waals surface area contributed by atoms with Crippen LogP contribution in [0, 0.1) is 0 Å². The summed E-state index contributed by atoms with van der Waals surface area (Å²) in [7, 11) is 0. The maximum atomic E-state index is 13.1. The molecule has 0 saturated heterocycles. The molecular formula is C30H25N7O2. The molecule has 4 aromatic rings. The van der Waals surface area contributed by atoms with E-state index in [2.05, 4.69) is 4.98 Å². The Bertz CT molecular complexity index is 1540. The quantitative estimate of drug-likeness (QED) is 0.411. The van der Waals surface area contributed by atoms with Crippen molar-refractivity contribution in [2.45, 2.75) is 26.2 Å². The molecule has 4 heterocycles. The summed E-state index contributed by atoms with van der Waals surface area (Å²) in [6, 6.07) is 31.5. The van der Waals surface area contributed by atoms with Gasteiger partial charge >= 0.3 is 0 Å². The molecule has 9 nitrogen and oxygen atoms in total. The van der Waals surface area contributed by atoms with Gasteiger partial charge in [0.1, 0.15) is 5.82 Å². The molecule has 2 unspecified atom stereocenters. The summed E-state index contributed by atoms with van der Waals surface area (Å²) in [5.41, 5.74) is 4.26. The number of fused-ring (bicyclic) bond motifs is 6. The van der Waals surface area contributed by atoms with Gasteiger partial charge in [-0.25, -0.2) is 10.0 Å². The second-order valence-corrected chi connectivity index (χ2v) is 9.67. The number of carbonyl (C=O) groups is 2. The van der Waals surface area contributed by atoms with Crippen LogP contribution in [0.4, 0.5) is 22.9 Å². The van der Waals surface area contributed by atoms with Crippen molar-refractivity contribution in [2.75, 3.05) is 19.8 Å². The molecule has 39 heavy (non-hydrogen) atoms. The number of ketones is 2. The lowest BCUT2D eigenvalue weighted by molar-refractivity contribution is -0.112. The molecule has 0 radical (unpaired) electrons. The van der Waals surface area contributed by atoms with Crippen LogP contribution in [-0.4, -0.2) is 40.6 Å². The molecule has 1 N–H and O–H groups in total. The Labute approximate surface area is 225 Å². The molecule has 0 saturated carbocycles. The Hall–Kier alpha value is -5.18. The van der Waals surface area contributed by atoms with E-state index in [1.807, 2.05) is 117 Å². The zero-order chi connectivity index (χ0) is 26.7. The first-order valence-corrected chi connectivity index (χ1v) is 12.8. The number of anilines is 4. The van der Waals surface area contributed by atoms with Crippen molar-refractivity contribution in [2.24, 2.45) is 10.2 Å². The fraction of sp³-hybridized carbons (Fsp3) is 0.133. The number of carbonyl (C=O) groups excluding carboxylic acids is 2. The van der Waals surface area contributed by atoms with Crippen molar-refractivity contribution < 1.29 is 9.59 Å². The lowest BCUT2D eigenvalue weighted by Crippen LogP contribution is -2.64. The van der Waals surface area contributed by atoms with E-state index in [1.165, 1.54) is 13.8 Å². The second kappa shape index (κ2) is 8.70. The van der Waals surface area contributed by atoms with Gasteiger partial charge in [0.15, 0.2) is 35.6 Å². The smallest absolute Gasteiger partial charge is 0.199 e. The first kappa shape index (κ1) is 23.0. The highest BCUT2D eigenvalue weighted by Gasteiger charge is 2.56. The summed E-state index contributed by atoms with van der Waals surface area (Å²) in [5.74, 6) is 1.01. The molecule has 3 aliphatic heterocycles. The zero-order valence-corrected chi connectivity index (χ0v) is 21.4. The standard InChI is InChI=1S/C30H25N7O2/c1-19(38)26-32-36(22-14-8-4-9-15-22)29-30-35(27(20(2)39)33-37(30)23-16-10-5-11-17-23)28-25(34(26)29)18-24(31-28)21-12-6-3-7-13-21/h3-18,29-31H,1-2H3. The summed E-state index contributed by atoms with van der Waals surface area (Å²) < 4.78 is 0. The predicted octanol–water partition coefficient (Wildman–Crippen LogP) is 4.81. The monoisotopic (exact) mass is 515 g/mol. The van der Waals surface area contributed by atoms with Crippen LogP contribution in [0.3, 0.4) is 0 Å². The molecule has 0 aliphatic carbocycles. The van der Waals surface area contributed by atoms with Gasteiger partial charge < -0.3 is 4.98 Å². The van der Waals surface area contributed by atoms with Crippen LogP contribution in [0.25, 0.3) is 11.3 Å². The average molecular weight is 516 g/mol. The number of nitrogens with zero attached hydrogens (tertiary/aromatic N) is 6. The lowest BCUT2D eigenvalue weighted by Gasteiger charge is -2.45. The van der Waals surface area contributed by atoms with E-state index in [0.29, 0.717) is 17.5 Å². The van der Waals surface area contributed by atoms with Crippen LogP contribution in [-0.2, 0) is 9.59 Å². The van der Waals surface area contributed by atoms with Gasteiger partial charge in [-0.05, 0) is 35.9 Å². The topological polar surface area (TPSA) is 87.6 Å². The Kier molecular flexibility index (Phi) is 5.12. The summed E-state index contributed by atoms with van der Waals surface area (Å²) in [5, 5.41) is 13.4. The fourth-order valence-electron chi connectivity index (χ4n) is 5.54. The van der Waals surface area contributed by atoms with Crippen LogP contribution in [0.5, 0.6) is 0 Å². The number of hydrogen-bond donors (Lipinski definition) is 1. The summed E-state index contributed by atoms with van der Waals surface area (Å²) in [6.45, 7) is 3.06. The van der Waals surface area contributed by atoms with Crippen LogP contribution < -0.4 is 19.8 Å². The third-order valence-corrected chi connectivity index (χ3v) is 7.19. The van der Waals surface area contributed by atoms with Crippen molar-refractivity contribution in [1.82, 2.24) is 4.98 Å². The van der Waals surface area contributed by atoms with Crippen LogP contribution >= 0.6 is 0 Å². The minimum absolute atomic E-state index is 0.155. The van der Waals surface area contributed by atoms with Crippen LogP contribution in [0.1, 0.15) is 13.8 Å². The molecule has 0 fully saturated rings. The molecule has 192 valence electrons. The maximum Gasteiger partial charge on any atom is 0.199 e. The molecule has 0 spiro atoms. The van der Waals surface area contributed by atoms with E-state index in [0.717, 1.165) is 28.3 Å². The van der Waals surface area contributed by atoms with Gasteiger partial charge in [-0.3, -0.25) is 19.4 Å². The van der Waals surface area contributed by atoms with Gasteiger partial charge in [0.05, 0.1) is 17.1 Å². The summed E-state index contributed by atoms with van der Waals surface area (Å²) >= 11 is 0. The second-order valence-electron chi connectivity index (χ2n) is 9.67. The highest BCUT2D eigenvalue weighted by atomic mass is 16.1. The Morgan fingerprint density at radius 2 is 1.13 bits per heavy atom. The highest BCUT2D eigenvalue weighted by Crippen LogP contribution is 2.48. The molecule has 7 rings (SSSR count). The Morgan fingerprint density at radius 3 is 1.64 bits per heavy atom. The van der Waals surface area contributed by atoms with Gasteiger partial charge in [-0.2, -0.15) is 0 Å². The molecule has 3 aliphatic rings. The number of hydrogen-bond acceptors (Lipinski definition) is 8. The minimum Gasteiger partial charge on any atom is -0.339 e. The first-order valence-electron chi connectivity index (χ1n) is 12.8. The Morgan fingerprint density at radius 1 is 0.667 bits per heavy atom. The number of Topliss-reactive ketones (excluding diaryl/α,β-unsaturated/α-hetero) is 2. The van der Waals surface area contributed by atoms with Crippen LogP contribution in [0.15, 0.2) is 107 Å². The molecule has 0 bridgehead atoms. The van der Waals surface area contributed by atoms with E-state index in [9.17, 15) is 9.59 Å². The maximum absolute atomic E-state index is 13.1. The molecule has 2 atom stereocenters. The van der Waals surface area contributed by atoms with E-state index in [-0.39, 0.29) is 11.6 Å². The fourth-order valence-corrected chi connectivity index (χ4v) is 5.54. The van der Waals surface area contributed by atoms with Gasteiger partial charge in [-0.15, -0.1) is 10.2 Å². The minimum atomic E-state index is -0.512. The van der Waals surface area contributed by atoms with Crippen molar-refractivity contribution >= 4 is 46.1 Å². The zero-order valence-electron chi connectivity index (χ0n) is 21.4. The average Bonchev–Trinajstić information content (AvgIpc) is 3.68. The number of nitrogens with one attached hydrogen (secondary N) is 1. The lowest BCUT2D eigenvalue weighted by atomic mass is 10.1. The summed E-state index contributed by atoms with van der Waals surface area (Å²) in [4.78, 5) is 33.6. The number of amidine groups is 2. The normalized spacial score (nSPS) is 19.3. The van der Waals surface area contributed by atoms with Crippen molar-refractivity contribution in [3.63, 3.8) is 0 Å². The van der Waals surface area contributed by atoms with E-state index in [1.54, 1.807) is 0 Å². The molecule has 0 amide bonds. The van der Waals surface area contributed by atoms with Gasteiger partial charge in [0.2, 0.25) is 0 Å². The van der Waals surface area contributed by atoms with Crippen molar-refractivity contribution in [3.8, 4) is 11.3 Å². The third-order valence-electron chi connectivity index (χ3n) is 7.19. The number of para-hydroxylation sites is 2. The number of benzene rings is 3. The number of rotatable bonds is 5. The first-order chi connectivity index (χ1) is 19.0. The number of aromatic amines is 1. The van der Waals surface area contributed by atoms with Crippen molar-refractivity contribution in [3.05, 3.63) is 97.1 Å². The highest BCUT2D eigenvalue weighted by molar-refractivity contribution is 6.47. The van der Waals surface area contributed by atoms with E-state index < -0.39 is 12.3 Å². The number of H-pyrrole nitrogens is 1. The largest absolute Gasteiger partial charge is 0.339 e. The molecule has 9 heteroatoms. The number of hydrazone groups is 2. The molecule has 3 aromatic carbocycles. The van der Waals surface area contributed by atoms with Crippen LogP contribution in [0.2, 0.25) is 0 Å². The van der Waals surface area contributed by atoms with Gasteiger partial charge in [0.25, 0.3) is 0 Å². The third kappa shape index (κ3) is 3.47.